The van der Waals surface area contributed by atoms with Crippen LogP contribution in [0.1, 0.15) is 51.3 Å². The highest BCUT2D eigenvalue weighted by molar-refractivity contribution is 9.09. The van der Waals surface area contributed by atoms with Crippen LogP contribution in [0.4, 0.5) is 0 Å². The van der Waals surface area contributed by atoms with Gasteiger partial charge in [0.1, 0.15) is 0 Å². The van der Waals surface area contributed by atoms with Crippen LogP contribution in [0.5, 0.6) is 0 Å². The first-order valence-corrected chi connectivity index (χ1v) is 8.38. The van der Waals surface area contributed by atoms with Gasteiger partial charge in [0.2, 0.25) is 0 Å². The van der Waals surface area contributed by atoms with Gasteiger partial charge in [-0.1, -0.05) is 22.9 Å². The minimum atomic E-state index is 0.502. The number of nitrogens with zero attached hydrogens (tertiary/aromatic N) is 2. The molecule has 3 atom stereocenters. The van der Waals surface area contributed by atoms with Crippen LogP contribution < -0.4 is 0 Å². The SMILES string of the molecule is CCC(C)n1ccc(CC2(CBr)CC3CC3C2)n1. The van der Waals surface area contributed by atoms with Gasteiger partial charge in [-0.2, -0.15) is 5.10 Å². The van der Waals surface area contributed by atoms with E-state index in [-0.39, 0.29) is 0 Å². The number of hydrogen-bond acceptors (Lipinski definition) is 1. The number of alkyl halides is 1. The molecule has 2 aliphatic rings. The van der Waals surface area contributed by atoms with E-state index < -0.39 is 0 Å². The lowest BCUT2D eigenvalue weighted by atomic mass is 9.81. The predicted octanol–water partition coefficient (Wildman–Crippen LogP) is 4.21. The van der Waals surface area contributed by atoms with Crippen molar-refractivity contribution in [3.8, 4) is 0 Å². The fourth-order valence-electron chi connectivity index (χ4n) is 3.60. The van der Waals surface area contributed by atoms with Crippen molar-refractivity contribution in [2.45, 2.75) is 52.0 Å². The van der Waals surface area contributed by atoms with Crippen molar-refractivity contribution in [2.24, 2.45) is 17.3 Å². The van der Waals surface area contributed by atoms with Crippen molar-refractivity contribution in [2.75, 3.05) is 5.33 Å². The molecule has 1 aromatic heterocycles. The van der Waals surface area contributed by atoms with Gasteiger partial charge in [-0.25, -0.2) is 0 Å². The largest absolute Gasteiger partial charge is 0.270 e. The van der Waals surface area contributed by atoms with Gasteiger partial charge in [0.25, 0.3) is 0 Å². The lowest BCUT2D eigenvalue weighted by molar-refractivity contribution is 0.303. The third kappa shape index (κ3) is 2.26. The highest BCUT2D eigenvalue weighted by Crippen LogP contribution is 2.61. The Balaban J connectivity index is 1.69. The van der Waals surface area contributed by atoms with Crippen LogP contribution in [0.2, 0.25) is 0 Å². The fourth-order valence-corrected chi connectivity index (χ4v) is 4.25. The van der Waals surface area contributed by atoms with Gasteiger partial charge in [0, 0.05) is 17.6 Å². The first kappa shape index (κ1) is 12.7. The third-order valence-electron chi connectivity index (χ3n) is 5.01. The fraction of sp³-hybridized carbons (Fsp3) is 0.800. The molecule has 3 rings (SSSR count). The Morgan fingerprint density at radius 3 is 2.83 bits per heavy atom. The number of halogens is 1. The maximum absolute atomic E-state index is 4.77. The maximum Gasteiger partial charge on any atom is 0.0630 e. The molecule has 0 saturated heterocycles. The summed E-state index contributed by atoms with van der Waals surface area (Å²) in [4.78, 5) is 0. The van der Waals surface area contributed by atoms with E-state index in [4.69, 9.17) is 5.10 Å². The summed E-state index contributed by atoms with van der Waals surface area (Å²) in [6, 6.07) is 2.75. The summed E-state index contributed by atoms with van der Waals surface area (Å²) in [5, 5.41) is 5.92. The average molecular weight is 311 g/mol. The first-order valence-electron chi connectivity index (χ1n) is 7.26. The van der Waals surface area contributed by atoms with Crippen LogP contribution >= 0.6 is 15.9 Å². The van der Waals surface area contributed by atoms with E-state index in [1.165, 1.54) is 25.0 Å². The molecule has 0 spiro atoms. The summed E-state index contributed by atoms with van der Waals surface area (Å²) >= 11 is 3.75. The average Bonchev–Trinajstić information content (AvgIpc) is 2.81. The second kappa shape index (κ2) is 4.66. The molecule has 3 unspecified atom stereocenters. The molecule has 18 heavy (non-hydrogen) atoms. The van der Waals surface area contributed by atoms with Crippen molar-refractivity contribution in [1.29, 1.82) is 0 Å². The Kier molecular flexibility index (Phi) is 3.29. The second-order valence-corrected chi connectivity index (χ2v) is 7.08. The Hall–Kier alpha value is -0.310. The molecule has 0 aliphatic heterocycles. The molecule has 100 valence electrons. The maximum atomic E-state index is 4.77. The molecule has 0 radical (unpaired) electrons. The van der Waals surface area contributed by atoms with E-state index in [0.29, 0.717) is 11.5 Å². The summed E-state index contributed by atoms with van der Waals surface area (Å²) in [7, 11) is 0. The zero-order valence-electron chi connectivity index (χ0n) is 11.4. The monoisotopic (exact) mass is 310 g/mol. The van der Waals surface area contributed by atoms with Crippen LogP contribution in [-0.4, -0.2) is 15.1 Å². The quantitative estimate of drug-likeness (QED) is 0.745. The molecule has 3 heteroatoms. The molecule has 2 nitrogen and oxygen atoms in total. The van der Waals surface area contributed by atoms with Crippen molar-refractivity contribution in [3.05, 3.63) is 18.0 Å². The highest BCUT2D eigenvalue weighted by atomic mass is 79.9. The van der Waals surface area contributed by atoms with Gasteiger partial charge in [0.05, 0.1) is 5.69 Å². The van der Waals surface area contributed by atoms with Crippen LogP contribution in [0.15, 0.2) is 12.3 Å². The van der Waals surface area contributed by atoms with Gasteiger partial charge < -0.3 is 0 Å². The molecule has 2 saturated carbocycles. The standard InChI is InChI=1S/C15H23BrN2/c1-3-11(2)18-5-4-14(17-18)9-15(10-16)7-12-6-13(12)8-15/h4-5,11-13H,3,6-10H2,1-2H3. The molecular weight excluding hydrogens is 288 g/mol. The summed E-state index contributed by atoms with van der Waals surface area (Å²) in [5.41, 5.74) is 1.79. The molecule has 0 N–H and O–H groups in total. The minimum Gasteiger partial charge on any atom is -0.270 e. The lowest BCUT2D eigenvalue weighted by Crippen LogP contribution is -2.24. The molecule has 2 fully saturated rings. The van der Waals surface area contributed by atoms with E-state index in [9.17, 15) is 0 Å². The van der Waals surface area contributed by atoms with Gasteiger partial charge in [-0.15, -0.1) is 0 Å². The van der Waals surface area contributed by atoms with Gasteiger partial charge >= 0.3 is 0 Å². The second-order valence-electron chi connectivity index (χ2n) is 6.52. The van der Waals surface area contributed by atoms with E-state index in [1.54, 1.807) is 0 Å². The molecular formula is C15H23BrN2. The molecule has 2 aliphatic carbocycles. The number of rotatable bonds is 5. The third-order valence-corrected chi connectivity index (χ3v) is 6.19. The van der Waals surface area contributed by atoms with E-state index in [2.05, 4.69) is 46.7 Å². The normalized spacial score (nSPS) is 35.5. The Morgan fingerprint density at radius 1 is 1.50 bits per heavy atom. The summed E-state index contributed by atoms with van der Waals surface area (Å²) < 4.78 is 2.13. The van der Waals surface area contributed by atoms with E-state index >= 15 is 0 Å². The van der Waals surface area contributed by atoms with Gasteiger partial charge in [-0.3, -0.25) is 4.68 Å². The molecule has 0 aromatic carbocycles. The van der Waals surface area contributed by atoms with Crippen LogP contribution in [0, 0.1) is 17.3 Å². The Morgan fingerprint density at radius 2 is 2.22 bits per heavy atom. The van der Waals surface area contributed by atoms with Gasteiger partial charge in [0.15, 0.2) is 0 Å². The zero-order valence-corrected chi connectivity index (χ0v) is 13.0. The van der Waals surface area contributed by atoms with Crippen molar-refractivity contribution in [1.82, 2.24) is 9.78 Å². The molecule has 0 amide bonds. The summed E-state index contributed by atoms with van der Waals surface area (Å²) in [6.07, 6.45) is 8.79. The van der Waals surface area contributed by atoms with Crippen LogP contribution in [0.3, 0.4) is 0 Å². The van der Waals surface area contributed by atoms with Crippen molar-refractivity contribution < 1.29 is 0 Å². The van der Waals surface area contributed by atoms with E-state index in [1.807, 2.05) is 0 Å². The molecule has 0 bridgehead atoms. The predicted molar refractivity (Wildman–Crippen MR) is 78.0 cm³/mol. The topological polar surface area (TPSA) is 17.8 Å². The first-order chi connectivity index (χ1) is 8.65. The smallest absolute Gasteiger partial charge is 0.0630 e. The highest BCUT2D eigenvalue weighted by Gasteiger charge is 2.53. The molecule has 1 heterocycles. The van der Waals surface area contributed by atoms with Crippen LogP contribution in [-0.2, 0) is 6.42 Å². The Labute approximate surface area is 118 Å². The minimum absolute atomic E-state index is 0.502. The molecule has 1 aromatic rings. The van der Waals surface area contributed by atoms with Crippen LogP contribution in [0.25, 0.3) is 0 Å². The zero-order chi connectivity index (χ0) is 12.8. The van der Waals surface area contributed by atoms with Crippen molar-refractivity contribution >= 4 is 15.9 Å². The van der Waals surface area contributed by atoms with Crippen molar-refractivity contribution in [3.63, 3.8) is 0 Å². The number of fused-ring (bicyclic) bond motifs is 1. The Bertz CT molecular complexity index is 416. The summed E-state index contributed by atoms with van der Waals surface area (Å²) in [6.45, 7) is 4.46. The van der Waals surface area contributed by atoms with Gasteiger partial charge in [-0.05, 0) is 62.3 Å². The summed E-state index contributed by atoms with van der Waals surface area (Å²) in [5.74, 6) is 2.08. The number of hydrogen-bond donors (Lipinski definition) is 0. The lowest BCUT2D eigenvalue weighted by Gasteiger charge is -2.27. The van der Waals surface area contributed by atoms with E-state index in [0.717, 1.165) is 30.0 Å². The number of aromatic nitrogens is 2.